The zero-order chi connectivity index (χ0) is 15.4. The van der Waals surface area contributed by atoms with E-state index >= 15 is 0 Å². The van der Waals surface area contributed by atoms with Crippen LogP contribution in [0.2, 0.25) is 0 Å². The number of carbonyl (C=O) groups excluding carboxylic acids is 1. The van der Waals surface area contributed by atoms with Gasteiger partial charge in [-0.2, -0.15) is 0 Å². The molecule has 3 rings (SSSR count). The number of likely N-dealkylation sites (tertiary alicyclic amines) is 2. The van der Waals surface area contributed by atoms with E-state index < -0.39 is 0 Å². The number of carbonyl (C=O) groups is 1. The second-order valence-corrected chi connectivity index (χ2v) is 7.58. The highest BCUT2D eigenvalue weighted by molar-refractivity contribution is 14.1. The first-order valence-corrected chi connectivity index (χ1v) is 9.30. The fraction of sp³-hybridized carbons (Fsp3) is 0.588. The van der Waals surface area contributed by atoms with Gasteiger partial charge in [0.05, 0.1) is 6.54 Å². The Hall–Kier alpha value is -0.660. The fourth-order valence-corrected chi connectivity index (χ4v) is 4.07. The number of amides is 1. The molecule has 0 aromatic heterocycles. The Morgan fingerprint density at radius 2 is 2.05 bits per heavy atom. The van der Waals surface area contributed by atoms with E-state index in [-0.39, 0.29) is 5.91 Å². The van der Waals surface area contributed by atoms with Gasteiger partial charge in [-0.3, -0.25) is 9.69 Å². The number of nitrogens with zero attached hydrogens (tertiary/aromatic N) is 2. The van der Waals surface area contributed by atoms with Gasteiger partial charge < -0.3 is 10.2 Å². The minimum absolute atomic E-state index is 0.107. The molecule has 120 valence electrons. The molecule has 4 nitrogen and oxygen atoms in total. The van der Waals surface area contributed by atoms with Crippen molar-refractivity contribution in [2.24, 2.45) is 0 Å². The molecule has 2 saturated heterocycles. The van der Waals surface area contributed by atoms with Crippen LogP contribution in [0.5, 0.6) is 0 Å². The highest BCUT2D eigenvalue weighted by Crippen LogP contribution is 2.20. The van der Waals surface area contributed by atoms with Gasteiger partial charge in [-0.15, -0.1) is 0 Å². The number of anilines is 1. The summed E-state index contributed by atoms with van der Waals surface area (Å²) in [5.41, 5.74) is 0.896. The number of nitrogens with one attached hydrogen (secondary N) is 1. The van der Waals surface area contributed by atoms with Crippen molar-refractivity contribution < 1.29 is 4.79 Å². The first-order valence-electron chi connectivity index (χ1n) is 8.22. The lowest BCUT2D eigenvalue weighted by Gasteiger charge is -2.27. The molecule has 1 amide bonds. The average Bonchev–Trinajstić information content (AvgIpc) is 3.12. The number of rotatable bonds is 5. The van der Waals surface area contributed by atoms with Crippen molar-refractivity contribution in [2.75, 3.05) is 38.0 Å². The lowest BCUT2D eigenvalue weighted by atomic mass is 10.2. The van der Waals surface area contributed by atoms with Crippen molar-refractivity contribution >= 4 is 34.2 Å². The summed E-state index contributed by atoms with van der Waals surface area (Å²) < 4.78 is 1.14. The summed E-state index contributed by atoms with van der Waals surface area (Å²) in [7, 11) is 0. The highest BCUT2D eigenvalue weighted by atomic mass is 127. The summed E-state index contributed by atoms with van der Waals surface area (Å²) >= 11 is 2.27. The summed E-state index contributed by atoms with van der Waals surface area (Å²) in [5, 5.41) is 3.02. The van der Waals surface area contributed by atoms with Crippen LogP contribution in [-0.2, 0) is 4.79 Å². The third-order valence-corrected chi connectivity index (χ3v) is 5.29. The zero-order valence-electron chi connectivity index (χ0n) is 12.9. The highest BCUT2D eigenvalue weighted by Gasteiger charge is 2.28. The Morgan fingerprint density at radius 3 is 2.82 bits per heavy atom. The van der Waals surface area contributed by atoms with Gasteiger partial charge in [-0.05, 0) is 86.1 Å². The predicted molar refractivity (Wildman–Crippen MR) is 98.1 cm³/mol. The summed E-state index contributed by atoms with van der Waals surface area (Å²) in [5.74, 6) is 0.107. The van der Waals surface area contributed by atoms with Crippen LogP contribution in [0.15, 0.2) is 24.3 Å². The van der Waals surface area contributed by atoms with Crippen LogP contribution >= 0.6 is 22.6 Å². The lowest BCUT2D eigenvalue weighted by Crippen LogP contribution is -2.42. The molecule has 1 aromatic carbocycles. The van der Waals surface area contributed by atoms with Crippen molar-refractivity contribution in [3.8, 4) is 0 Å². The maximum Gasteiger partial charge on any atom is 0.238 e. The van der Waals surface area contributed by atoms with Crippen LogP contribution in [0, 0.1) is 3.57 Å². The molecule has 0 bridgehead atoms. The summed E-state index contributed by atoms with van der Waals surface area (Å²) in [6, 6.07) is 8.52. The van der Waals surface area contributed by atoms with Crippen molar-refractivity contribution in [1.82, 2.24) is 9.80 Å². The van der Waals surface area contributed by atoms with Crippen LogP contribution < -0.4 is 5.32 Å². The second-order valence-electron chi connectivity index (χ2n) is 6.33. The molecule has 2 aliphatic heterocycles. The maximum atomic E-state index is 12.3. The first-order chi connectivity index (χ1) is 10.7. The van der Waals surface area contributed by atoms with Crippen molar-refractivity contribution in [3.63, 3.8) is 0 Å². The van der Waals surface area contributed by atoms with Gasteiger partial charge in [-0.25, -0.2) is 0 Å². The van der Waals surface area contributed by atoms with Gasteiger partial charge in [0, 0.05) is 21.8 Å². The van der Waals surface area contributed by atoms with Gasteiger partial charge in [0.25, 0.3) is 0 Å². The van der Waals surface area contributed by atoms with E-state index in [1.807, 2.05) is 24.3 Å². The molecule has 1 unspecified atom stereocenters. The quantitative estimate of drug-likeness (QED) is 0.755. The van der Waals surface area contributed by atoms with Gasteiger partial charge in [0.2, 0.25) is 5.91 Å². The van der Waals surface area contributed by atoms with E-state index in [4.69, 9.17) is 0 Å². The largest absolute Gasteiger partial charge is 0.325 e. The van der Waals surface area contributed by atoms with E-state index in [0.717, 1.165) is 22.3 Å². The molecule has 1 N–H and O–H groups in total. The summed E-state index contributed by atoms with van der Waals surface area (Å²) in [6.45, 7) is 5.18. The third-order valence-electron chi connectivity index (χ3n) is 4.62. The van der Waals surface area contributed by atoms with Crippen LogP contribution in [0.3, 0.4) is 0 Å². The molecule has 2 fully saturated rings. The van der Waals surface area contributed by atoms with Crippen LogP contribution in [0.1, 0.15) is 25.7 Å². The summed E-state index contributed by atoms with van der Waals surface area (Å²) in [4.78, 5) is 17.2. The molecule has 22 heavy (non-hydrogen) atoms. The second kappa shape index (κ2) is 7.75. The molecule has 2 aliphatic rings. The Bertz CT molecular complexity index is 516. The van der Waals surface area contributed by atoms with Gasteiger partial charge in [0.1, 0.15) is 0 Å². The Morgan fingerprint density at radius 1 is 1.23 bits per heavy atom. The molecular weight excluding hydrogens is 389 g/mol. The fourth-order valence-electron chi connectivity index (χ4n) is 3.52. The molecule has 1 aromatic rings. The average molecular weight is 413 g/mol. The van der Waals surface area contributed by atoms with Gasteiger partial charge in [0.15, 0.2) is 0 Å². The Balaban J connectivity index is 1.51. The van der Waals surface area contributed by atoms with E-state index in [2.05, 4.69) is 37.7 Å². The first kappa shape index (κ1) is 16.2. The van der Waals surface area contributed by atoms with E-state index in [1.54, 1.807) is 0 Å². The van der Waals surface area contributed by atoms with Crippen molar-refractivity contribution in [2.45, 2.75) is 31.7 Å². The SMILES string of the molecule is O=C(CN1CCCC1CN1CCCC1)Nc1cccc(I)c1. The lowest BCUT2D eigenvalue weighted by molar-refractivity contribution is -0.117. The van der Waals surface area contributed by atoms with Crippen LogP contribution in [0.4, 0.5) is 5.69 Å². The smallest absolute Gasteiger partial charge is 0.238 e. The monoisotopic (exact) mass is 413 g/mol. The van der Waals surface area contributed by atoms with Crippen LogP contribution in [-0.4, -0.2) is 54.5 Å². The summed E-state index contributed by atoms with van der Waals surface area (Å²) in [6.07, 6.45) is 5.11. The minimum atomic E-state index is 0.107. The van der Waals surface area contributed by atoms with Gasteiger partial charge in [-0.1, -0.05) is 6.07 Å². The Labute approximate surface area is 146 Å². The third kappa shape index (κ3) is 4.43. The predicted octanol–water partition coefficient (Wildman–Crippen LogP) is 2.79. The molecule has 2 heterocycles. The van der Waals surface area contributed by atoms with E-state index in [9.17, 15) is 4.79 Å². The van der Waals surface area contributed by atoms with E-state index in [1.165, 1.54) is 38.8 Å². The molecule has 0 radical (unpaired) electrons. The minimum Gasteiger partial charge on any atom is -0.325 e. The molecule has 0 saturated carbocycles. The molecule has 0 spiro atoms. The Kier molecular flexibility index (Phi) is 5.71. The molecule has 1 atom stereocenters. The number of hydrogen-bond donors (Lipinski definition) is 1. The van der Waals surface area contributed by atoms with Crippen LogP contribution in [0.25, 0.3) is 0 Å². The normalized spacial score (nSPS) is 23.0. The maximum absolute atomic E-state index is 12.3. The zero-order valence-corrected chi connectivity index (χ0v) is 15.1. The topological polar surface area (TPSA) is 35.6 Å². The van der Waals surface area contributed by atoms with Gasteiger partial charge >= 0.3 is 0 Å². The molecule has 5 heteroatoms. The number of hydrogen-bond acceptors (Lipinski definition) is 3. The molecular formula is C17H24IN3O. The number of halogens is 1. The number of benzene rings is 1. The molecule has 0 aliphatic carbocycles. The van der Waals surface area contributed by atoms with Crippen molar-refractivity contribution in [3.05, 3.63) is 27.8 Å². The van der Waals surface area contributed by atoms with Crippen molar-refractivity contribution in [1.29, 1.82) is 0 Å². The van der Waals surface area contributed by atoms with E-state index in [0.29, 0.717) is 12.6 Å². The standard InChI is InChI=1S/C17H24IN3O/c18-14-5-3-6-15(11-14)19-17(22)13-21-10-4-7-16(21)12-20-8-1-2-9-20/h3,5-6,11,16H,1-2,4,7-10,12-13H2,(H,19,22).